The van der Waals surface area contributed by atoms with Crippen LogP contribution in [0.1, 0.15) is 46.3 Å². The molecule has 20 nitrogen and oxygen atoms in total. The van der Waals surface area contributed by atoms with Gasteiger partial charge >= 0.3 is 16.1 Å². The first-order valence-electron chi connectivity index (χ1n) is 15.7. The van der Waals surface area contributed by atoms with Crippen LogP contribution in [0.25, 0.3) is 11.2 Å². The number of hydrogen-bond acceptors (Lipinski definition) is 16. The Morgan fingerprint density at radius 3 is 2.80 bits per heavy atom. The number of rotatable bonds is 16. The average Bonchev–Trinajstić information content (AvgIpc) is 3.75. The number of nitrogens with zero attached hydrogens (tertiary/aromatic N) is 6. The van der Waals surface area contributed by atoms with E-state index in [9.17, 15) is 28.7 Å². The van der Waals surface area contributed by atoms with Crippen molar-refractivity contribution in [2.75, 3.05) is 25.1 Å². The van der Waals surface area contributed by atoms with E-state index in [0.29, 0.717) is 0 Å². The third-order valence-electron chi connectivity index (χ3n) is 8.19. The molecule has 272 valence electrons. The maximum Gasteiger partial charge on any atom is 0.475 e. The van der Waals surface area contributed by atoms with Crippen LogP contribution < -0.4 is 15.6 Å². The summed E-state index contributed by atoms with van der Waals surface area (Å²) >= 11 is 0. The minimum absolute atomic E-state index is 0.00162. The largest absolute Gasteiger partial charge is 0.475 e. The molecule has 0 spiro atoms. The quantitative estimate of drug-likeness (QED) is 0.121. The Balaban J connectivity index is 1.40. The second-order valence-corrected chi connectivity index (χ2v) is 14.4. The molecule has 1 aliphatic carbocycles. The molecule has 3 aromatic heterocycles. The number of nitrogens with one attached hydrogen (secondary N) is 2. The fraction of sp³-hybridized carbons (Fsp3) is 0.607. The number of nitriles is 1. The number of imidazole rings is 1. The zero-order chi connectivity index (χ0) is 36.0. The number of anilines is 1. The number of amides is 1. The van der Waals surface area contributed by atoms with Crippen LogP contribution in [-0.2, 0) is 36.8 Å². The highest BCUT2D eigenvalue weighted by Crippen LogP contribution is 2.56. The third kappa shape index (κ3) is 8.99. The van der Waals surface area contributed by atoms with Gasteiger partial charge in [-0.3, -0.25) is 42.6 Å². The molecule has 0 aromatic carbocycles. The zero-order valence-electron chi connectivity index (χ0n) is 27.3. The molecule has 4 heterocycles. The fourth-order valence-electron chi connectivity index (χ4n) is 5.60. The number of carbonyl (C=O) groups is 1. The number of H-pyrrole nitrogens is 1. The van der Waals surface area contributed by atoms with Crippen LogP contribution in [0, 0.1) is 29.1 Å². The summed E-state index contributed by atoms with van der Waals surface area (Å²) in [6.45, 7) is 3.90. The highest BCUT2D eigenvalue weighted by atomic mass is 31.2. The van der Waals surface area contributed by atoms with Crippen LogP contribution in [0.5, 0.6) is 5.88 Å². The van der Waals surface area contributed by atoms with Crippen LogP contribution in [0.2, 0.25) is 0 Å². The Hall–Kier alpha value is -3.63. The first kappa shape index (κ1) is 37.6. The van der Waals surface area contributed by atoms with Crippen molar-refractivity contribution >= 4 is 39.1 Å². The van der Waals surface area contributed by atoms with Crippen molar-refractivity contribution in [1.82, 2.24) is 29.5 Å². The first-order chi connectivity index (χ1) is 23.9. The monoisotopic (exact) mass is 740 g/mol. The number of phosphoric ester groups is 1. The average molecular weight is 741 g/mol. The van der Waals surface area contributed by atoms with Gasteiger partial charge in [0.1, 0.15) is 18.5 Å². The Bertz CT molecular complexity index is 1800. The summed E-state index contributed by atoms with van der Waals surface area (Å²) < 4.78 is 62.0. The van der Waals surface area contributed by atoms with E-state index in [0.717, 1.165) is 0 Å². The standard InChI is InChI=1S/C28H38N8O12P2/c1-15(2)25(38)34-28-33-24-22(26(39)35-28)32-14-36(24)27-23(16(3)20(11-37)46-27)48-50(42,43-8-4-6-29)44-12-17-9-18(10-19(17)47-49(40)41)45-21-5-7-30-13-31-21/h5,7,13-20,23,27,37,49H,4,8-12H2,1-3H3,(H,40,41)(H2,33,34,35,38,39)/t16-,17-,18-,19+,20-,23-,27-,50?/m1/s1. The number of phosphoric acid groups is 1. The molecule has 2 aliphatic rings. The molecule has 2 unspecified atom stereocenters. The topological polar surface area (TPSA) is 272 Å². The molecule has 3 aromatic rings. The number of hydrogen-bond donors (Lipinski definition) is 4. The van der Waals surface area contributed by atoms with Gasteiger partial charge in [-0.2, -0.15) is 10.2 Å². The van der Waals surface area contributed by atoms with Crippen molar-refractivity contribution in [3.63, 3.8) is 0 Å². The van der Waals surface area contributed by atoms with E-state index in [1.807, 2.05) is 6.07 Å². The molecule has 0 radical (unpaired) electrons. The van der Waals surface area contributed by atoms with Crippen molar-refractivity contribution in [3.05, 3.63) is 35.3 Å². The highest BCUT2D eigenvalue weighted by Gasteiger charge is 2.49. The number of aromatic amines is 1. The van der Waals surface area contributed by atoms with E-state index in [2.05, 4.69) is 30.2 Å². The van der Waals surface area contributed by atoms with E-state index in [4.69, 9.17) is 32.8 Å². The van der Waals surface area contributed by atoms with Gasteiger partial charge in [-0.25, -0.2) is 19.5 Å². The normalized spacial score (nSPS) is 26.9. The van der Waals surface area contributed by atoms with Gasteiger partial charge in [0.2, 0.25) is 17.7 Å². The van der Waals surface area contributed by atoms with Gasteiger partial charge in [0, 0.05) is 36.4 Å². The van der Waals surface area contributed by atoms with E-state index < -0.39 is 82.5 Å². The predicted molar refractivity (Wildman–Crippen MR) is 172 cm³/mol. The molecule has 2 fully saturated rings. The van der Waals surface area contributed by atoms with Crippen LogP contribution in [0.3, 0.4) is 0 Å². The van der Waals surface area contributed by atoms with Gasteiger partial charge in [-0.1, -0.05) is 20.8 Å². The van der Waals surface area contributed by atoms with Crippen molar-refractivity contribution in [2.24, 2.45) is 17.8 Å². The molecule has 9 atom stereocenters. The van der Waals surface area contributed by atoms with Crippen molar-refractivity contribution in [3.8, 4) is 11.9 Å². The lowest BCUT2D eigenvalue weighted by molar-refractivity contribution is -0.118. The number of aromatic nitrogens is 6. The minimum atomic E-state index is -4.56. The molecule has 50 heavy (non-hydrogen) atoms. The van der Waals surface area contributed by atoms with Gasteiger partial charge in [-0.15, -0.1) is 0 Å². The minimum Gasteiger partial charge on any atom is -0.474 e. The molecule has 22 heteroatoms. The second kappa shape index (κ2) is 16.6. The zero-order valence-corrected chi connectivity index (χ0v) is 29.2. The van der Waals surface area contributed by atoms with Crippen LogP contribution in [0.15, 0.2) is 29.7 Å². The van der Waals surface area contributed by atoms with Crippen molar-refractivity contribution in [2.45, 2.75) is 70.7 Å². The van der Waals surface area contributed by atoms with Crippen molar-refractivity contribution < 1.29 is 51.5 Å². The lowest BCUT2D eigenvalue weighted by atomic mass is 10.0. The molecule has 4 N–H and O–H groups in total. The van der Waals surface area contributed by atoms with Crippen LogP contribution in [-0.4, -0.2) is 89.6 Å². The number of fused-ring (bicyclic) bond motifs is 1. The molecular weight excluding hydrogens is 702 g/mol. The maximum atomic E-state index is 14.3. The third-order valence-corrected chi connectivity index (χ3v) is 10.2. The summed E-state index contributed by atoms with van der Waals surface area (Å²) in [5.41, 5.74) is -0.739. The summed E-state index contributed by atoms with van der Waals surface area (Å²) in [6, 6.07) is 3.45. The summed E-state index contributed by atoms with van der Waals surface area (Å²) in [5, 5.41) is 21.8. The van der Waals surface area contributed by atoms with E-state index in [-0.39, 0.29) is 55.5 Å². The molecule has 1 amide bonds. The van der Waals surface area contributed by atoms with Gasteiger partial charge in [0.25, 0.3) is 5.56 Å². The molecule has 5 rings (SSSR count). The SMILES string of the molecule is CC(C)C(=O)Nc1nc2c(ncn2[C@@H]2O[C@H](CO)[C@@H](C)[C@H]2OP(=O)(OCCC#N)OC[C@H]2C[C@@H](Oc3ccncn3)C[C@@H]2O[PH](=O)O)c(=O)[nH]1. The number of ether oxygens (including phenoxy) is 2. The summed E-state index contributed by atoms with van der Waals surface area (Å²) in [7, 11) is -7.94. The van der Waals surface area contributed by atoms with Gasteiger partial charge in [0.05, 0.1) is 50.8 Å². The summed E-state index contributed by atoms with van der Waals surface area (Å²) in [4.78, 5) is 53.6. The van der Waals surface area contributed by atoms with Gasteiger partial charge in [0.15, 0.2) is 17.4 Å². The predicted octanol–water partition coefficient (Wildman–Crippen LogP) is 2.09. The maximum absolute atomic E-state index is 14.3. The lowest BCUT2D eigenvalue weighted by Crippen LogP contribution is -2.29. The van der Waals surface area contributed by atoms with Crippen LogP contribution in [0.4, 0.5) is 5.95 Å². The highest BCUT2D eigenvalue weighted by molar-refractivity contribution is 7.48. The lowest BCUT2D eigenvalue weighted by Gasteiger charge is -2.28. The molecule has 1 aliphatic heterocycles. The smallest absolute Gasteiger partial charge is 0.474 e. The number of aliphatic hydroxyl groups excluding tert-OH is 1. The Morgan fingerprint density at radius 2 is 2.12 bits per heavy atom. The second-order valence-electron chi connectivity index (χ2n) is 12.0. The van der Waals surface area contributed by atoms with Gasteiger partial charge < -0.3 is 24.0 Å². The Kier molecular flexibility index (Phi) is 12.5. The molecule has 1 saturated heterocycles. The molecule has 1 saturated carbocycles. The van der Waals surface area contributed by atoms with E-state index in [1.54, 1.807) is 26.8 Å². The first-order valence-corrected chi connectivity index (χ1v) is 18.4. The molecule has 0 bridgehead atoms. The Morgan fingerprint density at radius 1 is 1.32 bits per heavy atom. The van der Waals surface area contributed by atoms with Crippen molar-refractivity contribution in [1.29, 1.82) is 5.26 Å². The summed E-state index contributed by atoms with van der Waals surface area (Å²) in [5.74, 6) is -1.91. The number of aliphatic hydroxyl groups is 1. The van der Waals surface area contributed by atoms with E-state index >= 15 is 0 Å². The number of carbonyl (C=O) groups excluding carboxylic acids is 1. The van der Waals surface area contributed by atoms with E-state index in [1.165, 1.54) is 23.4 Å². The Labute approximate surface area is 286 Å². The fourth-order valence-corrected chi connectivity index (χ4v) is 7.63. The summed E-state index contributed by atoms with van der Waals surface area (Å²) in [6.07, 6.45) is -0.137. The van der Waals surface area contributed by atoms with Gasteiger partial charge in [-0.05, 0) is 6.42 Å². The molecular formula is C28H38N8O12P2. The van der Waals surface area contributed by atoms with Crippen LogP contribution >= 0.6 is 16.1 Å².